The predicted molar refractivity (Wildman–Crippen MR) is 74.3 cm³/mol. The fourth-order valence-corrected chi connectivity index (χ4v) is 2.32. The Hall–Kier alpha value is -1.35. The molecule has 0 fully saturated rings. The van der Waals surface area contributed by atoms with Crippen LogP contribution in [0, 0.1) is 0 Å². The van der Waals surface area contributed by atoms with Crippen LogP contribution < -0.4 is 4.74 Å². The lowest BCUT2D eigenvalue weighted by atomic mass is 9.90. The highest BCUT2D eigenvalue weighted by Crippen LogP contribution is 2.26. The Morgan fingerprint density at radius 2 is 1.78 bits per heavy atom. The number of para-hydroxylation sites is 1. The van der Waals surface area contributed by atoms with Gasteiger partial charge in [-0.2, -0.15) is 0 Å². The number of rotatable bonds is 6. The number of nitrogens with zero attached hydrogens (tertiary/aromatic N) is 1. The maximum atomic E-state index is 12.7. The second-order valence-corrected chi connectivity index (χ2v) is 4.76. The van der Waals surface area contributed by atoms with Crippen molar-refractivity contribution in [1.82, 2.24) is 4.90 Å². The SMILES string of the molecule is CCN(CC)C(C)(C)C(=O)c1ccccc1OC. The number of carbonyl (C=O) groups excluding carboxylic acids is 1. The molecule has 0 aliphatic carbocycles. The number of benzene rings is 1. The minimum absolute atomic E-state index is 0.101. The Morgan fingerprint density at radius 3 is 2.28 bits per heavy atom. The van der Waals surface area contributed by atoms with Crippen LogP contribution in [0.1, 0.15) is 38.1 Å². The highest BCUT2D eigenvalue weighted by Gasteiger charge is 2.34. The first-order chi connectivity index (χ1) is 8.48. The molecule has 100 valence electrons. The van der Waals surface area contributed by atoms with Crippen molar-refractivity contribution in [3.05, 3.63) is 29.8 Å². The van der Waals surface area contributed by atoms with Gasteiger partial charge in [0.15, 0.2) is 5.78 Å². The van der Waals surface area contributed by atoms with Crippen molar-refractivity contribution in [2.45, 2.75) is 33.2 Å². The van der Waals surface area contributed by atoms with E-state index in [1.54, 1.807) is 7.11 Å². The first-order valence-corrected chi connectivity index (χ1v) is 6.41. The highest BCUT2D eigenvalue weighted by molar-refractivity contribution is 6.04. The van der Waals surface area contributed by atoms with Crippen molar-refractivity contribution in [2.75, 3.05) is 20.2 Å². The summed E-state index contributed by atoms with van der Waals surface area (Å²) in [7, 11) is 1.59. The summed E-state index contributed by atoms with van der Waals surface area (Å²) >= 11 is 0. The third-order valence-electron chi connectivity index (χ3n) is 3.46. The van der Waals surface area contributed by atoms with E-state index >= 15 is 0 Å². The lowest BCUT2D eigenvalue weighted by Crippen LogP contribution is -2.50. The number of ether oxygens (including phenoxy) is 1. The molecule has 18 heavy (non-hydrogen) atoms. The maximum Gasteiger partial charge on any atom is 0.186 e. The minimum atomic E-state index is -0.516. The summed E-state index contributed by atoms with van der Waals surface area (Å²) in [5.74, 6) is 0.742. The Bertz CT molecular complexity index is 409. The second-order valence-electron chi connectivity index (χ2n) is 4.76. The Balaban J connectivity index is 3.13. The molecule has 0 heterocycles. The molecule has 0 amide bonds. The highest BCUT2D eigenvalue weighted by atomic mass is 16.5. The fraction of sp³-hybridized carbons (Fsp3) is 0.533. The summed E-state index contributed by atoms with van der Waals surface area (Å²) in [6, 6.07) is 7.39. The largest absolute Gasteiger partial charge is 0.496 e. The standard InChI is InChI=1S/C15H23NO2/c1-6-16(7-2)15(3,4)14(17)12-10-8-9-11-13(12)18-5/h8-11H,6-7H2,1-5H3. The molecule has 0 radical (unpaired) electrons. The van der Waals surface area contributed by atoms with Crippen molar-refractivity contribution in [1.29, 1.82) is 0 Å². The molecule has 1 aromatic rings. The van der Waals surface area contributed by atoms with Gasteiger partial charge in [-0.15, -0.1) is 0 Å². The van der Waals surface area contributed by atoms with Crippen LogP contribution in [0.2, 0.25) is 0 Å². The average Bonchev–Trinajstić information content (AvgIpc) is 2.38. The molecule has 0 N–H and O–H groups in total. The first-order valence-electron chi connectivity index (χ1n) is 6.41. The van der Waals surface area contributed by atoms with Gasteiger partial charge in [-0.3, -0.25) is 9.69 Å². The smallest absolute Gasteiger partial charge is 0.186 e. The molecular formula is C15H23NO2. The van der Waals surface area contributed by atoms with Crippen molar-refractivity contribution in [3.63, 3.8) is 0 Å². The summed E-state index contributed by atoms with van der Waals surface area (Å²) in [5, 5.41) is 0. The van der Waals surface area contributed by atoms with E-state index in [0.717, 1.165) is 13.1 Å². The number of carbonyl (C=O) groups is 1. The monoisotopic (exact) mass is 249 g/mol. The van der Waals surface area contributed by atoms with Gasteiger partial charge < -0.3 is 4.74 Å². The van der Waals surface area contributed by atoms with E-state index in [9.17, 15) is 4.79 Å². The van der Waals surface area contributed by atoms with Gasteiger partial charge in [-0.05, 0) is 39.1 Å². The van der Waals surface area contributed by atoms with Crippen LogP contribution in [0.4, 0.5) is 0 Å². The molecular weight excluding hydrogens is 226 g/mol. The van der Waals surface area contributed by atoms with E-state index in [-0.39, 0.29) is 5.78 Å². The quantitative estimate of drug-likeness (QED) is 0.726. The molecule has 0 spiro atoms. The zero-order chi connectivity index (χ0) is 13.8. The Kier molecular flexibility index (Phi) is 4.91. The average molecular weight is 249 g/mol. The van der Waals surface area contributed by atoms with E-state index in [4.69, 9.17) is 4.74 Å². The van der Waals surface area contributed by atoms with Crippen LogP contribution in [0.5, 0.6) is 5.75 Å². The molecule has 0 aromatic heterocycles. The van der Waals surface area contributed by atoms with Crippen molar-refractivity contribution in [3.8, 4) is 5.75 Å². The number of likely N-dealkylation sites (N-methyl/N-ethyl adjacent to an activating group) is 1. The number of ketones is 1. The molecule has 3 heteroatoms. The number of hydrogen-bond acceptors (Lipinski definition) is 3. The Labute approximate surface area is 110 Å². The third-order valence-corrected chi connectivity index (χ3v) is 3.46. The van der Waals surface area contributed by atoms with Gasteiger partial charge >= 0.3 is 0 Å². The summed E-state index contributed by atoms with van der Waals surface area (Å²) in [6.07, 6.45) is 0. The molecule has 0 saturated heterocycles. The van der Waals surface area contributed by atoms with Gasteiger partial charge in [0.1, 0.15) is 5.75 Å². The first kappa shape index (κ1) is 14.7. The van der Waals surface area contributed by atoms with Gasteiger partial charge in [0.25, 0.3) is 0 Å². The molecule has 1 aromatic carbocycles. The van der Waals surface area contributed by atoms with Crippen molar-refractivity contribution in [2.24, 2.45) is 0 Å². The molecule has 0 unspecified atom stereocenters. The normalized spacial score (nSPS) is 11.7. The lowest BCUT2D eigenvalue weighted by molar-refractivity contribution is 0.0665. The van der Waals surface area contributed by atoms with Crippen LogP contribution in [0.3, 0.4) is 0 Å². The van der Waals surface area contributed by atoms with Gasteiger partial charge in [-0.25, -0.2) is 0 Å². The minimum Gasteiger partial charge on any atom is -0.496 e. The predicted octanol–water partition coefficient (Wildman–Crippen LogP) is 3.00. The van der Waals surface area contributed by atoms with E-state index < -0.39 is 5.54 Å². The zero-order valence-electron chi connectivity index (χ0n) is 12.0. The summed E-state index contributed by atoms with van der Waals surface area (Å²) in [4.78, 5) is 14.8. The van der Waals surface area contributed by atoms with Gasteiger partial charge in [-0.1, -0.05) is 26.0 Å². The molecule has 3 nitrogen and oxygen atoms in total. The molecule has 0 bridgehead atoms. The van der Waals surface area contributed by atoms with E-state index in [0.29, 0.717) is 11.3 Å². The third kappa shape index (κ3) is 2.72. The zero-order valence-corrected chi connectivity index (χ0v) is 12.0. The maximum absolute atomic E-state index is 12.7. The van der Waals surface area contributed by atoms with E-state index in [1.165, 1.54) is 0 Å². The van der Waals surface area contributed by atoms with Gasteiger partial charge in [0, 0.05) is 0 Å². The lowest BCUT2D eigenvalue weighted by Gasteiger charge is -2.36. The second kappa shape index (κ2) is 6.01. The van der Waals surface area contributed by atoms with Crippen LogP contribution >= 0.6 is 0 Å². The topological polar surface area (TPSA) is 29.5 Å². The summed E-state index contributed by atoms with van der Waals surface area (Å²) in [6.45, 7) is 9.78. The van der Waals surface area contributed by atoms with Crippen LogP contribution in [-0.4, -0.2) is 36.4 Å². The van der Waals surface area contributed by atoms with Gasteiger partial charge in [0.2, 0.25) is 0 Å². The van der Waals surface area contributed by atoms with Crippen LogP contribution in [0.15, 0.2) is 24.3 Å². The van der Waals surface area contributed by atoms with Crippen LogP contribution in [0.25, 0.3) is 0 Å². The molecule has 1 rings (SSSR count). The number of Topliss-reactive ketones (excluding diaryl/α,β-unsaturated/α-hetero) is 1. The molecule has 0 aliphatic heterocycles. The molecule has 0 aliphatic rings. The van der Waals surface area contributed by atoms with Gasteiger partial charge in [0.05, 0.1) is 18.2 Å². The van der Waals surface area contributed by atoms with E-state index in [1.807, 2.05) is 38.1 Å². The van der Waals surface area contributed by atoms with Crippen molar-refractivity contribution >= 4 is 5.78 Å². The molecule has 0 saturated carbocycles. The summed E-state index contributed by atoms with van der Waals surface area (Å²) < 4.78 is 5.27. The van der Waals surface area contributed by atoms with Crippen molar-refractivity contribution < 1.29 is 9.53 Å². The number of hydrogen-bond donors (Lipinski definition) is 0. The van der Waals surface area contributed by atoms with E-state index in [2.05, 4.69) is 18.7 Å². The summed E-state index contributed by atoms with van der Waals surface area (Å²) in [5.41, 5.74) is 0.134. The fourth-order valence-electron chi connectivity index (χ4n) is 2.32. The van der Waals surface area contributed by atoms with Crippen LogP contribution in [-0.2, 0) is 0 Å². The molecule has 0 atom stereocenters. The Morgan fingerprint density at radius 1 is 1.22 bits per heavy atom. The number of methoxy groups -OCH3 is 1.